The summed E-state index contributed by atoms with van der Waals surface area (Å²) >= 11 is 0. The highest BCUT2D eigenvalue weighted by molar-refractivity contribution is 5.93. The monoisotopic (exact) mass is 464 g/mol. The highest BCUT2D eigenvalue weighted by Crippen LogP contribution is 2.36. The van der Waals surface area contributed by atoms with E-state index in [4.69, 9.17) is 9.97 Å². The summed E-state index contributed by atoms with van der Waals surface area (Å²) in [6.07, 6.45) is 0. The largest absolute Gasteiger partial charge is 0.324 e. The molecule has 172 valence electrons. The van der Waals surface area contributed by atoms with Crippen LogP contribution in [-0.2, 0) is 0 Å². The number of benzene rings is 5. The zero-order chi connectivity index (χ0) is 24.2. The minimum Gasteiger partial charge on any atom is -0.324 e. The summed E-state index contributed by atoms with van der Waals surface area (Å²) in [4.78, 5) is 12.0. The number of hydrogen-bond donors (Lipinski definition) is 1. The van der Waals surface area contributed by atoms with Crippen LogP contribution in [0.3, 0.4) is 0 Å². The van der Waals surface area contributed by atoms with E-state index in [1.807, 2.05) is 54.6 Å². The molecule has 0 bridgehead atoms. The highest BCUT2D eigenvalue weighted by Gasteiger charge is 2.14. The Balaban J connectivity index is 1.41. The Bertz CT molecular complexity index is 1560. The Labute approximate surface area is 210 Å². The van der Waals surface area contributed by atoms with Crippen molar-refractivity contribution in [3.63, 3.8) is 0 Å². The van der Waals surface area contributed by atoms with Crippen molar-refractivity contribution >= 4 is 39.6 Å². The maximum Gasteiger partial charge on any atom is 0.228 e. The van der Waals surface area contributed by atoms with Gasteiger partial charge in [-0.25, -0.2) is 9.97 Å². The van der Waals surface area contributed by atoms with Crippen molar-refractivity contribution in [2.24, 2.45) is 0 Å². The zero-order valence-electron chi connectivity index (χ0n) is 19.6. The number of fused-ring (bicyclic) bond motifs is 1. The predicted molar refractivity (Wildman–Crippen MR) is 149 cm³/mol. The molecule has 0 aliphatic carbocycles. The van der Waals surface area contributed by atoms with Gasteiger partial charge in [0.25, 0.3) is 0 Å². The normalized spacial score (nSPS) is 10.8. The van der Waals surface area contributed by atoms with Crippen LogP contribution in [0.15, 0.2) is 140 Å². The van der Waals surface area contributed by atoms with Gasteiger partial charge < -0.3 is 10.2 Å². The molecule has 0 fully saturated rings. The van der Waals surface area contributed by atoms with Crippen LogP contribution in [0.4, 0.5) is 28.7 Å². The number of aromatic nitrogens is 2. The Hall–Kier alpha value is -4.96. The van der Waals surface area contributed by atoms with E-state index in [2.05, 4.69) is 95.1 Å². The van der Waals surface area contributed by atoms with Gasteiger partial charge in [-0.1, -0.05) is 91.0 Å². The summed E-state index contributed by atoms with van der Waals surface area (Å²) in [5.74, 6) is 0.565. The van der Waals surface area contributed by atoms with Crippen LogP contribution in [0.2, 0.25) is 0 Å². The quantitative estimate of drug-likeness (QED) is 0.268. The lowest BCUT2D eigenvalue weighted by atomic mass is 10.1. The van der Waals surface area contributed by atoms with E-state index < -0.39 is 0 Å². The second kappa shape index (κ2) is 9.72. The van der Waals surface area contributed by atoms with E-state index in [9.17, 15) is 0 Å². The maximum absolute atomic E-state index is 4.92. The minimum atomic E-state index is 0.565. The maximum atomic E-state index is 4.92. The Morgan fingerprint density at radius 1 is 0.500 bits per heavy atom. The van der Waals surface area contributed by atoms with Gasteiger partial charge in [-0.05, 0) is 48.5 Å². The number of nitrogens with one attached hydrogen (secondary N) is 1. The third-order valence-corrected chi connectivity index (χ3v) is 6.04. The molecule has 0 saturated heterocycles. The first-order valence-electron chi connectivity index (χ1n) is 11.9. The summed E-state index contributed by atoms with van der Waals surface area (Å²) in [5, 5.41) is 4.49. The first-order chi connectivity index (χ1) is 17.8. The van der Waals surface area contributed by atoms with Gasteiger partial charge in [0.15, 0.2) is 0 Å². The van der Waals surface area contributed by atoms with Gasteiger partial charge >= 0.3 is 0 Å². The van der Waals surface area contributed by atoms with Gasteiger partial charge in [0.1, 0.15) is 0 Å². The van der Waals surface area contributed by atoms with E-state index >= 15 is 0 Å². The number of para-hydroxylation sites is 3. The standard InChI is InChI=1S/C32H24N4/c1-4-13-24(14-5-1)31-29-21-10-11-22-30(29)34-32(35-31)33-25-15-12-20-28(23-25)36(26-16-6-2-7-17-26)27-18-8-3-9-19-27/h1-23H,(H,33,34,35). The average Bonchev–Trinajstić information content (AvgIpc) is 2.95. The summed E-state index contributed by atoms with van der Waals surface area (Å²) in [5.41, 5.74) is 7.02. The Morgan fingerprint density at radius 3 is 1.78 bits per heavy atom. The summed E-state index contributed by atoms with van der Waals surface area (Å²) < 4.78 is 0. The number of rotatable bonds is 6. The molecule has 6 aromatic rings. The molecule has 0 atom stereocenters. The Morgan fingerprint density at radius 2 is 1.08 bits per heavy atom. The first-order valence-corrected chi connectivity index (χ1v) is 11.9. The van der Waals surface area contributed by atoms with Crippen molar-refractivity contribution in [1.82, 2.24) is 9.97 Å². The van der Waals surface area contributed by atoms with Gasteiger partial charge in [-0.3, -0.25) is 0 Å². The van der Waals surface area contributed by atoms with Crippen molar-refractivity contribution in [1.29, 1.82) is 0 Å². The molecule has 36 heavy (non-hydrogen) atoms. The van der Waals surface area contributed by atoms with Crippen molar-refractivity contribution in [3.8, 4) is 11.3 Å². The van der Waals surface area contributed by atoms with E-state index in [-0.39, 0.29) is 0 Å². The molecular formula is C32H24N4. The van der Waals surface area contributed by atoms with Crippen molar-refractivity contribution in [2.45, 2.75) is 0 Å². The lowest BCUT2D eigenvalue weighted by Gasteiger charge is -2.25. The predicted octanol–water partition coefficient (Wildman–Crippen LogP) is 8.51. The molecule has 0 spiro atoms. The molecule has 0 unspecified atom stereocenters. The fourth-order valence-electron chi connectivity index (χ4n) is 4.40. The van der Waals surface area contributed by atoms with Crippen LogP contribution in [0.5, 0.6) is 0 Å². The molecule has 0 aliphatic rings. The molecule has 6 rings (SSSR count). The fourth-order valence-corrected chi connectivity index (χ4v) is 4.40. The minimum absolute atomic E-state index is 0.565. The molecule has 0 radical (unpaired) electrons. The van der Waals surface area contributed by atoms with Crippen molar-refractivity contribution in [2.75, 3.05) is 10.2 Å². The van der Waals surface area contributed by atoms with E-state index in [1.165, 1.54) is 0 Å². The SMILES string of the molecule is c1ccc(-c2nc(Nc3cccc(N(c4ccccc4)c4ccccc4)c3)nc3ccccc23)cc1. The Kier molecular flexibility index (Phi) is 5.83. The number of hydrogen-bond acceptors (Lipinski definition) is 4. The van der Waals surface area contributed by atoms with Gasteiger partial charge in [-0.2, -0.15) is 0 Å². The molecule has 0 aliphatic heterocycles. The second-order valence-corrected chi connectivity index (χ2v) is 8.46. The third kappa shape index (κ3) is 4.40. The van der Waals surface area contributed by atoms with Crippen molar-refractivity contribution in [3.05, 3.63) is 140 Å². The van der Waals surface area contributed by atoms with E-state index in [0.717, 1.165) is 44.9 Å². The van der Waals surface area contributed by atoms with E-state index in [0.29, 0.717) is 5.95 Å². The molecule has 4 nitrogen and oxygen atoms in total. The van der Waals surface area contributed by atoms with Crippen LogP contribution < -0.4 is 10.2 Å². The topological polar surface area (TPSA) is 41.1 Å². The van der Waals surface area contributed by atoms with Crippen LogP contribution in [-0.4, -0.2) is 9.97 Å². The van der Waals surface area contributed by atoms with Gasteiger partial charge in [0, 0.05) is 33.7 Å². The van der Waals surface area contributed by atoms with E-state index in [1.54, 1.807) is 0 Å². The number of anilines is 5. The highest BCUT2D eigenvalue weighted by atomic mass is 15.1. The molecule has 1 N–H and O–H groups in total. The van der Waals surface area contributed by atoms with Gasteiger partial charge in [-0.15, -0.1) is 0 Å². The van der Waals surface area contributed by atoms with Crippen LogP contribution in [0.25, 0.3) is 22.2 Å². The van der Waals surface area contributed by atoms with Gasteiger partial charge in [0.2, 0.25) is 5.95 Å². The molecule has 1 aromatic heterocycles. The van der Waals surface area contributed by atoms with Gasteiger partial charge in [0.05, 0.1) is 11.2 Å². The van der Waals surface area contributed by atoms with Crippen LogP contribution >= 0.6 is 0 Å². The average molecular weight is 465 g/mol. The summed E-state index contributed by atoms with van der Waals surface area (Å²) in [6, 6.07) is 47.5. The van der Waals surface area contributed by atoms with Crippen molar-refractivity contribution < 1.29 is 0 Å². The summed E-state index contributed by atoms with van der Waals surface area (Å²) in [7, 11) is 0. The number of nitrogens with zero attached hydrogens (tertiary/aromatic N) is 3. The first kappa shape index (κ1) is 21.6. The molecular weight excluding hydrogens is 440 g/mol. The molecule has 5 aromatic carbocycles. The lowest BCUT2D eigenvalue weighted by Crippen LogP contribution is -2.10. The molecule has 0 amide bonds. The van der Waals surface area contributed by atoms with Crippen LogP contribution in [0.1, 0.15) is 0 Å². The smallest absolute Gasteiger partial charge is 0.228 e. The zero-order valence-corrected chi connectivity index (χ0v) is 19.6. The third-order valence-electron chi connectivity index (χ3n) is 6.04. The summed E-state index contributed by atoms with van der Waals surface area (Å²) in [6.45, 7) is 0. The second-order valence-electron chi connectivity index (χ2n) is 8.46. The molecule has 0 saturated carbocycles. The molecule has 1 heterocycles. The van der Waals surface area contributed by atoms with Crippen LogP contribution in [0, 0.1) is 0 Å². The lowest BCUT2D eigenvalue weighted by molar-refractivity contribution is 1.21. The fraction of sp³-hybridized carbons (Fsp3) is 0. The molecule has 4 heteroatoms.